The number of rotatable bonds is 3. The van der Waals surface area contributed by atoms with Gasteiger partial charge in [-0.05, 0) is 35.4 Å². The van der Waals surface area contributed by atoms with E-state index < -0.39 is 17.6 Å². The van der Waals surface area contributed by atoms with Crippen molar-refractivity contribution in [2.75, 3.05) is 0 Å². The maximum Gasteiger partial charge on any atom is 0.433 e. The summed E-state index contributed by atoms with van der Waals surface area (Å²) >= 11 is 12.3. The van der Waals surface area contributed by atoms with Gasteiger partial charge in [-0.25, -0.2) is 13.9 Å². The molecule has 0 spiro atoms. The van der Waals surface area contributed by atoms with E-state index in [1.165, 1.54) is 16.7 Å². The van der Waals surface area contributed by atoms with E-state index in [0.717, 1.165) is 22.5 Å². The highest BCUT2D eigenvalue weighted by atomic mass is 35.5. The number of benzene rings is 1. The Labute approximate surface area is 171 Å². The molecule has 0 aliphatic carbocycles. The van der Waals surface area contributed by atoms with Crippen LogP contribution < -0.4 is 5.69 Å². The number of aromatic nitrogens is 4. The van der Waals surface area contributed by atoms with Crippen molar-refractivity contribution in [3.63, 3.8) is 0 Å². The second-order valence-electron chi connectivity index (χ2n) is 6.23. The summed E-state index contributed by atoms with van der Waals surface area (Å²) in [4.78, 5) is 16.1. The lowest BCUT2D eigenvalue weighted by Crippen LogP contribution is -2.21. The summed E-state index contributed by atoms with van der Waals surface area (Å²) < 4.78 is 40.5. The first-order chi connectivity index (χ1) is 13.7. The van der Waals surface area contributed by atoms with Crippen LogP contribution in [0.25, 0.3) is 16.8 Å². The van der Waals surface area contributed by atoms with Crippen LogP contribution in [0.5, 0.6) is 0 Å². The third kappa shape index (κ3) is 3.73. The lowest BCUT2D eigenvalue weighted by molar-refractivity contribution is -0.141. The Balaban J connectivity index is 1.77. The molecule has 0 saturated heterocycles. The molecule has 0 aliphatic rings. The Hall–Kier alpha value is -2.84. The molecule has 3 aromatic heterocycles. The van der Waals surface area contributed by atoms with Crippen molar-refractivity contribution in [3.05, 3.63) is 86.6 Å². The van der Waals surface area contributed by atoms with Crippen molar-refractivity contribution in [2.45, 2.75) is 12.7 Å². The fraction of sp³-hybridized carbons (Fsp3) is 0.105. The van der Waals surface area contributed by atoms with Crippen molar-refractivity contribution in [1.29, 1.82) is 0 Å². The highest BCUT2D eigenvalue weighted by Gasteiger charge is 2.32. The van der Waals surface area contributed by atoms with Crippen LogP contribution in [0.15, 0.2) is 59.7 Å². The molecule has 0 N–H and O–H groups in total. The van der Waals surface area contributed by atoms with Crippen molar-refractivity contribution in [3.8, 4) is 11.1 Å². The van der Waals surface area contributed by atoms with E-state index >= 15 is 0 Å². The molecule has 0 amide bonds. The van der Waals surface area contributed by atoms with Crippen LogP contribution in [-0.2, 0) is 12.7 Å². The minimum absolute atomic E-state index is 0.0384. The molecule has 1 aromatic carbocycles. The number of hydrogen-bond acceptors (Lipinski definition) is 3. The lowest BCUT2D eigenvalue weighted by atomic mass is 10.1. The molecule has 0 fully saturated rings. The van der Waals surface area contributed by atoms with E-state index in [-0.39, 0.29) is 6.54 Å². The second kappa shape index (κ2) is 7.20. The summed E-state index contributed by atoms with van der Waals surface area (Å²) in [6.07, 6.45) is -1.96. The molecule has 10 heteroatoms. The SMILES string of the molecule is O=c1n(Cc2ccc(C(F)(F)F)nc2)nc2c(-c3ccc(Cl)cc3)c(Cl)ccn12. The van der Waals surface area contributed by atoms with Crippen molar-refractivity contribution < 1.29 is 13.2 Å². The zero-order valence-electron chi connectivity index (χ0n) is 14.5. The molecule has 3 heterocycles. The fourth-order valence-electron chi connectivity index (χ4n) is 2.90. The second-order valence-corrected chi connectivity index (χ2v) is 7.07. The number of alkyl halides is 3. The highest BCUT2D eigenvalue weighted by molar-refractivity contribution is 6.34. The maximum absolute atomic E-state index is 12.7. The molecule has 0 unspecified atom stereocenters. The van der Waals surface area contributed by atoms with Gasteiger partial charge in [0.1, 0.15) is 5.69 Å². The molecule has 4 aromatic rings. The van der Waals surface area contributed by atoms with Crippen LogP contribution >= 0.6 is 23.2 Å². The number of fused-ring (bicyclic) bond motifs is 1. The average molecular weight is 439 g/mol. The smallest absolute Gasteiger partial charge is 0.251 e. The van der Waals surface area contributed by atoms with E-state index in [4.69, 9.17) is 23.2 Å². The average Bonchev–Trinajstić information content (AvgIpc) is 2.98. The van der Waals surface area contributed by atoms with E-state index in [1.807, 2.05) is 0 Å². The van der Waals surface area contributed by atoms with E-state index in [0.29, 0.717) is 26.8 Å². The fourth-order valence-corrected chi connectivity index (χ4v) is 3.28. The van der Waals surface area contributed by atoms with E-state index in [1.54, 1.807) is 30.3 Å². The minimum Gasteiger partial charge on any atom is -0.251 e. The predicted octanol–water partition coefficient (Wildman–Crippen LogP) is 4.93. The minimum atomic E-state index is -4.53. The molecular formula is C19H11Cl2F3N4O. The topological polar surface area (TPSA) is 52.2 Å². The molecule has 29 heavy (non-hydrogen) atoms. The Morgan fingerprint density at radius 3 is 2.34 bits per heavy atom. The summed E-state index contributed by atoms with van der Waals surface area (Å²) in [7, 11) is 0. The van der Waals surface area contributed by atoms with Crippen LogP contribution in [0.1, 0.15) is 11.3 Å². The van der Waals surface area contributed by atoms with Crippen LogP contribution in [0, 0.1) is 0 Å². The van der Waals surface area contributed by atoms with Gasteiger partial charge in [0.2, 0.25) is 0 Å². The molecule has 5 nitrogen and oxygen atoms in total. The predicted molar refractivity (Wildman–Crippen MR) is 103 cm³/mol. The van der Waals surface area contributed by atoms with Gasteiger partial charge in [-0.15, -0.1) is 5.10 Å². The van der Waals surface area contributed by atoms with Crippen molar-refractivity contribution in [1.82, 2.24) is 19.2 Å². The summed E-state index contributed by atoms with van der Waals surface area (Å²) in [5, 5.41) is 5.28. The first-order valence-corrected chi connectivity index (χ1v) is 9.05. The van der Waals surface area contributed by atoms with Crippen LogP contribution in [0.2, 0.25) is 10.0 Å². The Kier molecular flexibility index (Phi) is 4.84. The normalized spacial score (nSPS) is 11.9. The first kappa shape index (κ1) is 19.5. The zero-order valence-corrected chi connectivity index (χ0v) is 16.0. The first-order valence-electron chi connectivity index (χ1n) is 8.30. The molecule has 0 saturated carbocycles. The van der Waals surface area contributed by atoms with Gasteiger partial charge in [0.25, 0.3) is 0 Å². The molecular weight excluding hydrogens is 428 g/mol. The third-order valence-electron chi connectivity index (χ3n) is 4.28. The monoisotopic (exact) mass is 438 g/mol. The van der Waals surface area contributed by atoms with Gasteiger partial charge in [-0.3, -0.25) is 4.98 Å². The molecule has 148 valence electrons. The zero-order chi connectivity index (χ0) is 20.8. The summed E-state index contributed by atoms with van der Waals surface area (Å²) in [6.45, 7) is -0.0384. The summed E-state index contributed by atoms with van der Waals surface area (Å²) in [5.41, 5.74) is 0.546. The van der Waals surface area contributed by atoms with Crippen molar-refractivity contribution >= 4 is 28.8 Å². The quantitative estimate of drug-likeness (QED) is 0.455. The Morgan fingerprint density at radius 2 is 1.72 bits per heavy atom. The van der Waals surface area contributed by atoms with Crippen molar-refractivity contribution in [2.24, 2.45) is 0 Å². The van der Waals surface area contributed by atoms with Gasteiger partial charge in [0.15, 0.2) is 5.65 Å². The Morgan fingerprint density at radius 1 is 1.00 bits per heavy atom. The largest absolute Gasteiger partial charge is 0.433 e. The maximum atomic E-state index is 12.7. The molecule has 0 atom stereocenters. The highest BCUT2D eigenvalue weighted by Crippen LogP contribution is 2.31. The van der Waals surface area contributed by atoms with Gasteiger partial charge in [-0.2, -0.15) is 13.2 Å². The molecule has 0 bridgehead atoms. The molecule has 0 aliphatic heterocycles. The third-order valence-corrected chi connectivity index (χ3v) is 4.85. The number of hydrogen-bond donors (Lipinski definition) is 0. The van der Waals surface area contributed by atoms with Gasteiger partial charge in [-0.1, -0.05) is 41.4 Å². The number of pyridine rings is 2. The standard InChI is InChI=1S/C19H11Cl2F3N4O/c20-13-4-2-12(3-5-13)16-14(21)7-8-27-17(16)26-28(18(27)29)10-11-1-6-15(25-9-11)19(22,23)24/h1-9H,10H2. The van der Waals surface area contributed by atoms with Gasteiger partial charge in [0, 0.05) is 23.0 Å². The lowest BCUT2D eigenvalue weighted by Gasteiger charge is -2.06. The summed E-state index contributed by atoms with van der Waals surface area (Å²) in [6, 6.07) is 10.6. The van der Waals surface area contributed by atoms with Crippen LogP contribution in [-0.4, -0.2) is 19.2 Å². The van der Waals surface area contributed by atoms with Gasteiger partial charge in [0.05, 0.1) is 11.6 Å². The number of nitrogens with zero attached hydrogens (tertiary/aromatic N) is 4. The molecule has 4 rings (SSSR count). The van der Waals surface area contributed by atoms with E-state index in [9.17, 15) is 18.0 Å². The van der Waals surface area contributed by atoms with Gasteiger partial charge >= 0.3 is 11.9 Å². The van der Waals surface area contributed by atoms with Crippen LogP contribution in [0.3, 0.4) is 0 Å². The van der Waals surface area contributed by atoms with Crippen LogP contribution in [0.4, 0.5) is 13.2 Å². The van der Waals surface area contributed by atoms with E-state index in [2.05, 4.69) is 10.1 Å². The summed E-state index contributed by atoms with van der Waals surface area (Å²) in [5.74, 6) is 0. The van der Waals surface area contributed by atoms with Gasteiger partial charge < -0.3 is 0 Å². The Bertz CT molecular complexity index is 1250. The molecule has 0 radical (unpaired) electrons. The number of halogens is 5.